The molecule has 5 nitrogen and oxygen atoms in total. The standard InChI is InChI=1S/C20H14N4O/c1-3-15(19-13-21-7-9-23-19)11-17(5-1)25-18-6-2-4-16(12-18)20-14-22-8-10-24-20/h1-14H. The van der Waals surface area contributed by atoms with Gasteiger partial charge in [-0.15, -0.1) is 0 Å². The molecular formula is C20H14N4O. The van der Waals surface area contributed by atoms with E-state index in [0.717, 1.165) is 34.0 Å². The van der Waals surface area contributed by atoms with E-state index >= 15 is 0 Å². The molecule has 5 heteroatoms. The van der Waals surface area contributed by atoms with Crippen molar-refractivity contribution in [3.63, 3.8) is 0 Å². The fourth-order valence-electron chi connectivity index (χ4n) is 2.47. The number of hydrogen-bond acceptors (Lipinski definition) is 5. The highest BCUT2D eigenvalue weighted by molar-refractivity contribution is 5.62. The fourth-order valence-corrected chi connectivity index (χ4v) is 2.47. The first kappa shape index (κ1) is 15.0. The van der Waals surface area contributed by atoms with E-state index in [1.165, 1.54) is 0 Å². The molecule has 2 heterocycles. The lowest BCUT2D eigenvalue weighted by molar-refractivity contribution is 0.483. The smallest absolute Gasteiger partial charge is 0.128 e. The zero-order valence-corrected chi connectivity index (χ0v) is 13.3. The normalized spacial score (nSPS) is 10.4. The minimum absolute atomic E-state index is 0.736. The molecule has 2 aromatic carbocycles. The summed E-state index contributed by atoms with van der Waals surface area (Å²) in [7, 11) is 0. The highest BCUT2D eigenvalue weighted by atomic mass is 16.5. The summed E-state index contributed by atoms with van der Waals surface area (Å²) in [6.45, 7) is 0. The van der Waals surface area contributed by atoms with Gasteiger partial charge in [0.25, 0.3) is 0 Å². The highest BCUT2D eigenvalue weighted by Gasteiger charge is 2.05. The van der Waals surface area contributed by atoms with Crippen LogP contribution >= 0.6 is 0 Å². The zero-order chi connectivity index (χ0) is 16.9. The maximum absolute atomic E-state index is 6.01. The summed E-state index contributed by atoms with van der Waals surface area (Å²) in [6, 6.07) is 15.5. The molecule has 0 unspecified atom stereocenters. The molecule has 0 aliphatic carbocycles. The molecule has 4 rings (SSSR count). The van der Waals surface area contributed by atoms with Crippen molar-refractivity contribution in [1.82, 2.24) is 19.9 Å². The first-order valence-corrected chi connectivity index (χ1v) is 7.79. The molecule has 0 aliphatic rings. The molecule has 0 atom stereocenters. The summed E-state index contributed by atoms with van der Waals surface area (Å²) >= 11 is 0. The third-order valence-corrected chi connectivity index (χ3v) is 3.62. The van der Waals surface area contributed by atoms with Crippen LogP contribution in [0.5, 0.6) is 11.5 Å². The summed E-state index contributed by atoms with van der Waals surface area (Å²) in [5, 5.41) is 0. The third-order valence-electron chi connectivity index (χ3n) is 3.62. The SMILES string of the molecule is c1cc(Oc2cccc(-c3cnccn3)c2)cc(-c2cnccn2)c1. The summed E-state index contributed by atoms with van der Waals surface area (Å²) in [6.07, 6.45) is 10.1. The Morgan fingerprint density at radius 1 is 0.600 bits per heavy atom. The molecule has 120 valence electrons. The van der Waals surface area contributed by atoms with Crippen LogP contribution in [-0.4, -0.2) is 19.9 Å². The van der Waals surface area contributed by atoms with Gasteiger partial charge >= 0.3 is 0 Å². The largest absolute Gasteiger partial charge is 0.457 e. The quantitative estimate of drug-likeness (QED) is 0.556. The lowest BCUT2D eigenvalue weighted by Gasteiger charge is -2.09. The van der Waals surface area contributed by atoms with Crippen molar-refractivity contribution in [2.75, 3.05) is 0 Å². The summed E-state index contributed by atoms with van der Waals surface area (Å²) in [5.74, 6) is 1.47. The Morgan fingerprint density at radius 2 is 1.12 bits per heavy atom. The van der Waals surface area contributed by atoms with Gasteiger partial charge in [0.1, 0.15) is 11.5 Å². The average Bonchev–Trinajstić information content (AvgIpc) is 2.70. The minimum atomic E-state index is 0.736. The van der Waals surface area contributed by atoms with Crippen molar-refractivity contribution in [3.8, 4) is 34.0 Å². The van der Waals surface area contributed by atoms with E-state index in [9.17, 15) is 0 Å². The van der Waals surface area contributed by atoms with Crippen LogP contribution in [-0.2, 0) is 0 Å². The third kappa shape index (κ3) is 3.50. The monoisotopic (exact) mass is 326 g/mol. The number of ether oxygens (including phenoxy) is 1. The fraction of sp³-hybridized carbons (Fsp3) is 0. The Morgan fingerprint density at radius 3 is 1.56 bits per heavy atom. The highest BCUT2D eigenvalue weighted by Crippen LogP contribution is 2.28. The van der Waals surface area contributed by atoms with Crippen molar-refractivity contribution >= 4 is 0 Å². The van der Waals surface area contributed by atoms with Crippen LogP contribution in [0.15, 0.2) is 85.7 Å². The van der Waals surface area contributed by atoms with Crippen LogP contribution in [0.4, 0.5) is 0 Å². The number of rotatable bonds is 4. The van der Waals surface area contributed by atoms with Gasteiger partial charge in [0.05, 0.1) is 23.8 Å². The Hall–Kier alpha value is -3.60. The van der Waals surface area contributed by atoms with E-state index in [1.54, 1.807) is 37.2 Å². The molecule has 0 saturated heterocycles. The molecule has 0 spiro atoms. The van der Waals surface area contributed by atoms with Crippen molar-refractivity contribution < 1.29 is 4.74 Å². The molecule has 25 heavy (non-hydrogen) atoms. The molecule has 4 aromatic rings. The average molecular weight is 326 g/mol. The second-order valence-electron chi connectivity index (χ2n) is 5.34. The number of benzene rings is 2. The van der Waals surface area contributed by atoms with Gasteiger partial charge in [-0.25, -0.2) is 0 Å². The zero-order valence-electron chi connectivity index (χ0n) is 13.3. The maximum Gasteiger partial charge on any atom is 0.128 e. The minimum Gasteiger partial charge on any atom is -0.457 e. The van der Waals surface area contributed by atoms with E-state index in [-0.39, 0.29) is 0 Å². The molecule has 0 aliphatic heterocycles. The van der Waals surface area contributed by atoms with E-state index in [4.69, 9.17) is 4.74 Å². The van der Waals surface area contributed by atoms with Crippen LogP contribution in [0, 0.1) is 0 Å². The molecule has 0 radical (unpaired) electrons. The Labute approximate surface area is 145 Å². The summed E-state index contributed by atoms with van der Waals surface area (Å²) < 4.78 is 6.01. The Balaban J connectivity index is 1.61. The van der Waals surface area contributed by atoms with Gasteiger partial charge in [0, 0.05) is 35.9 Å². The van der Waals surface area contributed by atoms with Gasteiger partial charge < -0.3 is 4.74 Å². The van der Waals surface area contributed by atoms with Crippen LogP contribution in [0.25, 0.3) is 22.5 Å². The van der Waals surface area contributed by atoms with Crippen LogP contribution in [0.3, 0.4) is 0 Å². The van der Waals surface area contributed by atoms with Crippen molar-refractivity contribution in [3.05, 3.63) is 85.7 Å². The van der Waals surface area contributed by atoms with Crippen molar-refractivity contribution in [1.29, 1.82) is 0 Å². The second-order valence-corrected chi connectivity index (χ2v) is 5.34. The second kappa shape index (κ2) is 6.88. The van der Waals surface area contributed by atoms with Crippen molar-refractivity contribution in [2.24, 2.45) is 0 Å². The number of nitrogens with zero attached hydrogens (tertiary/aromatic N) is 4. The number of hydrogen-bond donors (Lipinski definition) is 0. The summed E-state index contributed by atoms with van der Waals surface area (Å²) in [5.41, 5.74) is 3.52. The molecular weight excluding hydrogens is 312 g/mol. The van der Waals surface area contributed by atoms with E-state index in [0.29, 0.717) is 0 Å². The molecule has 0 bridgehead atoms. The van der Waals surface area contributed by atoms with Crippen molar-refractivity contribution in [2.45, 2.75) is 0 Å². The van der Waals surface area contributed by atoms with Gasteiger partial charge in [-0.05, 0) is 24.3 Å². The topological polar surface area (TPSA) is 60.8 Å². The first-order valence-electron chi connectivity index (χ1n) is 7.79. The predicted octanol–water partition coefficient (Wildman–Crippen LogP) is 4.39. The van der Waals surface area contributed by atoms with Gasteiger partial charge in [-0.1, -0.05) is 24.3 Å². The lowest BCUT2D eigenvalue weighted by Crippen LogP contribution is -1.89. The lowest BCUT2D eigenvalue weighted by atomic mass is 10.1. The van der Waals surface area contributed by atoms with Crippen LogP contribution in [0.1, 0.15) is 0 Å². The first-order chi connectivity index (χ1) is 12.4. The van der Waals surface area contributed by atoms with Gasteiger partial charge in [-0.3, -0.25) is 19.9 Å². The molecule has 2 aromatic heterocycles. The van der Waals surface area contributed by atoms with E-state index in [2.05, 4.69) is 19.9 Å². The maximum atomic E-state index is 6.01. The van der Waals surface area contributed by atoms with Gasteiger partial charge in [0.2, 0.25) is 0 Å². The Bertz CT molecular complexity index is 894. The molecule has 0 amide bonds. The molecule has 0 fully saturated rings. The summed E-state index contributed by atoms with van der Waals surface area (Å²) in [4.78, 5) is 16.8. The van der Waals surface area contributed by atoms with E-state index < -0.39 is 0 Å². The van der Waals surface area contributed by atoms with Gasteiger partial charge in [-0.2, -0.15) is 0 Å². The predicted molar refractivity (Wildman–Crippen MR) is 95.0 cm³/mol. The molecule has 0 N–H and O–H groups in total. The van der Waals surface area contributed by atoms with Gasteiger partial charge in [0.15, 0.2) is 0 Å². The van der Waals surface area contributed by atoms with E-state index in [1.807, 2.05) is 48.5 Å². The number of aromatic nitrogens is 4. The van der Waals surface area contributed by atoms with Crippen LogP contribution in [0.2, 0.25) is 0 Å². The molecule has 0 saturated carbocycles. The Kier molecular flexibility index (Phi) is 4.12. The van der Waals surface area contributed by atoms with Crippen LogP contribution < -0.4 is 4.74 Å².